The van der Waals surface area contributed by atoms with Crippen LogP contribution in [0.1, 0.15) is 31.7 Å². The van der Waals surface area contributed by atoms with Gasteiger partial charge in [-0.3, -0.25) is 4.79 Å². The number of carbonyl (C=O) groups excluding carboxylic acids is 1. The minimum absolute atomic E-state index is 0.0247. The van der Waals surface area contributed by atoms with Crippen molar-refractivity contribution < 1.29 is 4.79 Å². The zero-order chi connectivity index (χ0) is 13.2. The van der Waals surface area contributed by atoms with E-state index in [4.69, 9.17) is 17.3 Å². The Morgan fingerprint density at radius 1 is 1.56 bits per heavy atom. The van der Waals surface area contributed by atoms with E-state index in [1.54, 1.807) is 0 Å². The maximum atomic E-state index is 12.0. The van der Waals surface area contributed by atoms with Crippen LogP contribution in [0.3, 0.4) is 0 Å². The standard InChI is InChI=1S/C14H19ClN2O/c1-10(8-11-4-2-5-12(15)9-11)17-13(18)14(16)6-3-7-14/h2,4-5,9-10H,3,6-8,16H2,1H3,(H,17,18). The van der Waals surface area contributed by atoms with Crippen molar-refractivity contribution in [3.05, 3.63) is 34.9 Å². The molecule has 0 saturated heterocycles. The third kappa shape index (κ3) is 3.03. The van der Waals surface area contributed by atoms with Gasteiger partial charge in [-0.05, 0) is 50.3 Å². The Balaban J connectivity index is 1.88. The number of hydrogen-bond acceptors (Lipinski definition) is 2. The maximum absolute atomic E-state index is 12.0. The van der Waals surface area contributed by atoms with Crippen LogP contribution in [0, 0.1) is 0 Å². The Bertz CT molecular complexity index is 443. The van der Waals surface area contributed by atoms with Crippen LogP contribution in [-0.2, 0) is 11.2 Å². The summed E-state index contributed by atoms with van der Waals surface area (Å²) in [6.07, 6.45) is 3.40. The number of rotatable bonds is 4. The summed E-state index contributed by atoms with van der Waals surface area (Å²) in [5.74, 6) is -0.0247. The van der Waals surface area contributed by atoms with Gasteiger partial charge in [0.1, 0.15) is 0 Å². The summed E-state index contributed by atoms with van der Waals surface area (Å²) in [6.45, 7) is 1.99. The Morgan fingerprint density at radius 2 is 2.28 bits per heavy atom. The minimum Gasteiger partial charge on any atom is -0.352 e. The summed E-state index contributed by atoms with van der Waals surface area (Å²) >= 11 is 5.93. The van der Waals surface area contributed by atoms with Crippen molar-refractivity contribution in [2.45, 2.75) is 44.2 Å². The van der Waals surface area contributed by atoms with Gasteiger partial charge in [-0.1, -0.05) is 23.7 Å². The Hall–Kier alpha value is -1.06. The number of nitrogens with one attached hydrogen (secondary N) is 1. The second kappa shape index (κ2) is 5.29. The third-order valence-corrected chi connectivity index (χ3v) is 3.74. The van der Waals surface area contributed by atoms with Crippen LogP contribution < -0.4 is 11.1 Å². The van der Waals surface area contributed by atoms with Gasteiger partial charge in [0.05, 0.1) is 5.54 Å². The van der Waals surface area contributed by atoms with Gasteiger partial charge in [0, 0.05) is 11.1 Å². The Kier molecular flexibility index (Phi) is 3.93. The van der Waals surface area contributed by atoms with Crippen LogP contribution in [0.25, 0.3) is 0 Å². The second-order valence-electron chi connectivity index (χ2n) is 5.22. The molecule has 0 aromatic heterocycles. The maximum Gasteiger partial charge on any atom is 0.240 e. The molecule has 1 unspecified atom stereocenters. The molecular weight excluding hydrogens is 248 g/mol. The molecule has 0 heterocycles. The highest BCUT2D eigenvalue weighted by atomic mass is 35.5. The first-order valence-corrected chi connectivity index (χ1v) is 6.72. The van der Waals surface area contributed by atoms with Crippen LogP contribution >= 0.6 is 11.6 Å². The largest absolute Gasteiger partial charge is 0.352 e. The van der Waals surface area contributed by atoms with E-state index < -0.39 is 5.54 Å². The first kappa shape index (κ1) is 13.4. The number of halogens is 1. The highest BCUT2D eigenvalue weighted by Crippen LogP contribution is 2.29. The molecule has 3 N–H and O–H groups in total. The van der Waals surface area contributed by atoms with Crippen LogP contribution in [0.4, 0.5) is 0 Å². The fourth-order valence-corrected chi connectivity index (χ4v) is 2.43. The van der Waals surface area contributed by atoms with E-state index in [-0.39, 0.29) is 11.9 Å². The van der Waals surface area contributed by atoms with Crippen molar-refractivity contribution in [2.24, 2.45) is 5.73 Å². The number of benzene rings is 1. The van der Waals surface area contributed by atoms with E-state index in [1.165, 1.54) is 0 Å². The zero-order valence-corrected chi connectivity index (χ0v) is 11.3. The minimum atomic E-state index is -0.622. The van der Waals surface area contributed by atoms with E-state index >= 15 is 0 Å². The summed E-state index contributed by atoms with van der Waals surface area (Å²) in [6, 6.07) is 7.76. The van der Waals surface area contributed by atoms with E-state index in [1.807, 2.05) is 31.2 Å². The lowest BCUT2D eigenvalue weighted by molar-refractivity contribution is -0.129. The summed E-state index contributed by atoms with van der Waals surface area (Å²) in [7, 11) is 0. The molecule has 2 rings (SSSR count). The fraction of sp³-hybridized carbons (Fsp3) is 0.500. The molecule has 4 heteroatoms. The van der Waals surface area contributed by atoms with Crippen molar-refractivity contribution in [2.75, 3.05) is 0 Å². The van der Waals surface area contributed by atoms with Gasteiger partial charge >= 0.3 is 0 Å². The lowest BCUT2D eigenvalue weighted by Crippen LogP contribution is -2.60. The number of hydrogen-bond donors (Lipinski definition) is 2. The highest BCUT2D eigenvalue weighted by molar-refractivity contribution is 6.30. The van der Waals surface area contributed by atoms with Gasteiger partial charge in [0.2, 0.25) is 5.91 Å². The molecule has 0 bridgehead atoms. The zero-order valence-electron chi connectivity index (χ0n) is 10.6. The third-order valence-electron chi connectivity index (χ3n) is 3.51. The summed E-state index contributed by atoms with van der Waals surface area (Å²) < 4.78 is 0. The van der Waals surface area contributed by atoms with Gasteiger partial charge < -0.3 is 11.1 Å². The van der Waals surface area contributed by atoms with Crippen LogP contribution in [0.5, 0.6) is 0 Å². The quantitative estimate of drug-likeness (QED) is 0.878. The molecule has 0 radical (unpaired) electrons. The summed E-state index contributed by atoms with van der Waals surface area (Å²) in [5.41, 5.74) is 6.48. The second-order valence-corrected chi connectivity index (χ2v) is 5.65. The monoisotopic (exact) mass is 266 g/mol. The van der Waals surface area contributed by atoms with Crippen molar-refractivity contribution in [1.29, 1.82) is 0 Å². The van der Waals surface area contributed by atoms with Gasteiger partial charge in [-0.2, -0.15) is 0 Å². The molecular formula is C14H19ClN2O. The average Bonchev–Trinajstić information content (AvgIpc) is 2.25. The Labute approximate surface area is 113 Å². The van der Waals surface area contributed by atoms with Crippen molar-refractivity contribution in [3.8, 4) is 0 Å². The Morgan fingerprint density at radius 3 is 2.83 bits per heavy atom. The lowest BCUT2D eigenvalue weighted by Gasteiger charge is -2.37. The molecule has 1 aromatic rings. The van der Waals surface area contributed by atoms with E-state index in [0.29, 0.717) is 0 Å². The molecule has 1 aliphatic rings. The van der Waals surface area contributed by atoms with Gasteiger partial charge in [-0.25, -0.2) is 0 Å². The molecule has 3 nitrogen and oxygen atoms in total. The van der Waals surface area contributed by atoms with Crippen LogP contribution in [0.15, 0.2) is 24.3 Å². The van der Waals surface area contributed by atoms with Gasteiger partial charge in [0.25, 0.3) is 0 Å². The van der Waals surface area contributed by atoms with Gasteiger partial charge in [0.15, 0.2) is 0 Å². The molecule has 18 heavy (non-hydrogen) atoms. The first-order valence-electron chi connectivity index (χ1n) is 6.34. The molecule has 1 amide bonds. The van der Waals surface area contributed by atoms with Crippen molar-refractivity contribution >= 4 is 17.5 Å². The smallest absolute Gasteiger partial charge is 0.240 e. The highest BCUT2D eigenvalue weighted by Gasteiger charge is 2.40. The molecule has 1 atom stereocenters. The normalized spacial score (nSPS) is 18.8. The fourth-order valence-electron chi connectivity index (χ4n) is 2.22. The molecule has 98 valence electrons. The summed E-state index contributed by atoms with van der Waals surface area (Å²) in [4.78, 5) is 12.0. The predicted molar refractivity (Wildman–Crippen MR) is 73.5 cm³/mol. The topological polar surface area (TPSA) is 55.1 Å². The molecule has 0 aliphatic heterocycles. The SMILES string of the molecule is CC(Cc1cccc(Cl)c1)NC(=O)C1(N)CCC1. The molecule has 1 aliphatic carbocycles. The van der Waals surface area contributed by atoms with Gasteiger partial charge in [-0.15, -0.1) is 0 Å². The number of amides is 1. The van der Waals surface area contributed by atoms with E-state index in [0.717, 1.165) is 36.3 Å². The molecule has 1 saturated carbocycles. The number of nitrogens with two attached hydrogens (primary N) is 1. The van der Waals surface area contributed by atoms with Crippen molar-refractivity contribution in [3.63, 3.8) is 0 Å². The van der Waals surface area contributed by atoms with E-state index in [2.05, 4.69) is 5.32 Å². The predicted octanol–water partition coefficient (Wildman–Crippen LogP) is 2.27. The van der Waals surface area contributed by atoms with Crippen LogP contribution in [-0.4, -0.2) is 17.5 Å². The first-order chi connectivity index (χ1) is 8.49. The van der Waals surface area contributed by atoms with E-state index in [9.17, 15) is 4.79 Å². The molecule has 1 fully saturated rings. The number of carbonyl (C=O) groups is 1. The summed E-state index contributed by atoms with van der Waals surface area (Å²) in [5, 5.41) is 3.71. The average molecular weight is 267 g/mol. The van der Waals surface area contributed by atoms with Crippen molar-refractivity contribution in [1.82, 2.24) is 5.32 Å². The molecule has 0 spiro atoms. The lowest BCUT2D eigenvalue weighted by atomic mass is 9.77. The molecule has 1 aromatic carbocycles. The van der Waals surface area contributed by atoms with Crippen LogP contribution in [0.2, 0.25) is 5.02 Å².